The van der Waals surface area contributed by atoms with Gasteiger partial charge in [0, 0.05) is 13.0 Å². The monoisotopic (exact) mass is 254 g/mol. The van der Waals surface area contributed by atoms with E-state index in [9.17, 15) is 4.79 Å². The van der Waals surface area contributed by atoms with Gasteiger partial charge in [-0.3, -0.25) is 4.79 Å². The number of carboxylic acid groups (broad SMARTS) is 1. The number of carboxylic acids is 1. The molecule has 0 bridgehead atoms. The van der Waals surface area contributed by atoms with Gasteiger partial charge in [-0.1, -0.05) is 6.92 Å². The molecule has 2 rings (SSSR count). The van der Waals surface area contributed by atoms with E-state index in [1.807, 2.05) is 13.8 Å². The average molecular weight is 254 g/mol. The van der Waals surface area contributed by atoms with Gasteiger partial charge in [-0.15, -0.1) is 5.10 Å². The number of ether oxygens (including phenoxy) is 1. The van der Waals surface area contributed by atoms with Crippen LogP contribution in [0.2, 0.25) is 0 Å². The summed E-state index contributed by atoms with van der Waals surface area (Å²) in [6.07, 6.45) is 2.20. The van der Waals surface area contributed by atoms with Gasteiger partial charge in [0.1, 0.15) is 6.10 Å². The number of nitrogens with zero attached hydrogens (tertiary/aromatic N) is 4. The summed E-state index contributed by atoms with van der Waals surface area (Å²) in [7, 11) is 0. The fraction of sp³-hybridized carbons (Fsp3) is 0.818. The second kappa shape index (κ2) is 5.43. The molecule has 1 aromatic heterocycles. The zero-order chi connectivity index (χ0) is 13.1. The third-order valence-electron chi connectivity index (χ3n) is 3.09. The summed E-state index contributed by atoms with van der Waals surface area (Å²) < 4.78 is 7.39. The number of hydrogen-bond donors (Lipinski definition) is 1. The molecule has 18 heavy (non-hydrogen) atoms. The third kappa shape index (κ3) is 3.04. The SMILES string of the molecule is CC(CC(=O)O)Cn1nnnc1C1CCC(C)O1. The van der Waals surface area contributed by atoms with Crippen LogP contribution < -0.4 is 0 Å². The van der Waals surface area contributed by atoms with Gasteiger partial charge in [-0.25, -0.2) is 4.68 Å². The normalized spacial score (nSPS) is 25.2. The summed E-state index contributed by atoms with van der Waals surface area (Å²) in [6, 6.07) is 0. The molecule has 0 aliphatic carbocycles. The highest BCUT2D eigenvalue weighted by atomic mass is 16.5. The number of aliphatic carboxylic acids is 1. The molecule has 100 valence electrons. The lowest BCUT2D eigenvalue weighted by atomic mass is 10.1. The number of aromatic nitrogens is 4. The van der Waals surface area contributed by atoms with E-state index in [2.05, 4.69) is 15.5 Å². The van der Waals surface area contributed by atoms with E-state index >= 15 is 0 Å². The molecule has 1 saturated heterocycles. The Morgan fingerprint density at radius 2 is 2.39 bits per heavy atom. The lowest BCUT2D eigenvalue weighted by Crippen LogP contribution is -2.17. The summed E-state index contributed by atoms with van der Waals surface area (Å²) in [5.41, 5.74) is 0. The molecule has 2 heterocycles. The van der Waals surface area contributed by atoms with Crippen LogP contribution in [0.1, 0.15) is 45.0 Å². The Hall–Kier alpha value is -1.50. The lowest BCUT2D eigenvalue weighted by Gasteiger charge is -2.13. The van der Waals surface area contributed by atoms with Crippen molar-refractivity contribution in [3.63, 3.8) is 0 Å². The van der Waals surface area contributed by atoms with Gasteiger partial charge in [0.15, 0.2) is 5.82 Å². The first kappa shape index (κ1) is 12.9. The van der Waals surface area contributed by atoms with Crippen LogP contribution in [0.5, 0.6) is 0 Å². The van der Waals surface area contributed by atoms with Crippen LogP contribution in [0.4, 0.5) is 0 Å². The van der Waals surface area contributed by atoms with Gasteiger partial charge in [-0.2, -0.15) is 0 Å². The Balaban J connectivity index is 2.01. The van der Waals surface area contributed by atoms with Crippen LogP contribution >= 0.6 is 0 Å². The zero-order valence-electron chi connectivity index (χ0n) is 10.6. The van der Waals surface area contributed by atoms with E-state index in [1.165, 1.54) is 0 Å². The smallest absolute Gasteiger partial charge is 0.303 e. The number of hydrogen-bond acceptors (Lipinski definition) is 5. The molecule has 0 amide bonds. The Morgan fingerprint density at radius 3 is 3.00 bits per heavy atom. The standard InChI is InChI=1S/C11H18N4O3/c1-7(5-10(16)17)6-15-11(12-13-14-15)9-4-3-8(2)18-9/h7-9H,3-6H2,1-2H3,(H,16,17). The molecule has 1 N–H and O–H groups in total. The average Bonchev–Trinajstić information content (AvgIpc) is 2.85. The van der Waals surface area contributed by atoms with Crippen LogP contribution in [0.15, 0.2) is 0 Å². The van der Waals surface area contributed by atoms with E-state index in [1.54, 1.807) is 4.68 Å². The molecule has 0 spiro atoms. The Labute approximate surface area is 105 Å². The van der Waals surface area contributed by atoms with Crippen LogP contribution in [0.3, 0.4) is 0 Å². The van der Waals surface area contributed by atoms with Crippen LogP contribution in [0, 0.1) is 5.92 Å². The largest absolute Gasteiger partial charge is 0.481 e. The molecule has 7 nitrogen and oxygen atoms in total. The maximum absolute atomic E-state index is 10.6. The molecule has 7 heteroatoms. The minimum atomic E-state index is -0.803. The van der Waals surface area contributed by atoms with Gasteiger partial charge in [0.25, 0.3) is 0 Å². The fourth-order valence-corrected chi connectivity index (χ4v) is 2.22. The van der Waals surface area contributed by atoms with Crippen molar-refractivity contribution in [1.82, 2.24) is 20.2 Å². The van der Waals surface area contributed by atoms with Crippen molar-refractivity contribution >= 4 is 5.97 Å². The molecule has 0 radical (unpaired) electrons. The Bertz CT molecular complexity index is 420. The van der Waals surface area contributed by atoms with E-state index in [0.717, 1.165) is 12.8 Å². The molecular weight excluding hydrogens is 236 g/mol. The second-order valence-electron chi connectivity index (χ2n) is 4.93. The van der Waals surface area contributed by atoms with E-state index in [-0.39, 0.29) is 24.5 Å². The Morgan fingerprint density at radius 1 is 1.61 bits per heavy atom. The van der Waals surface area contributed by atoms with Crippen molar-refractivity contribution in [2.75, 3.05) is 0 Å². The van der Waals surface area contributed by atoms with Gasteiger partial charge < -0.3 is 9.84 Å². The summed E-state index contributed by atoms with van der Waals surface area (Å²) >= 11 is 0. The van der Waals surface area contributed by atoms with Gasteiger partial charge in [-0.05, 0) is 36.1 Å². The molecule has 3 unspecified atom stereocenters. The zero-order valence-corrected chi connectivity index (χ0v) is 10.6. The minimum Gasteiger partial charge on any atom is -0.481 e. The molecule has 1 aliphatic heterocycles. The number of rotatable bonds is 5. The molecule has 1 aromatic rings. The Kier molecular flexibility index (Phi) is 3.90. The number of carbonyl (C=O) groups is 1. The maximum Gasteiger partial charge on any atom is 0.303 e. The molecule has 0 saturated carbocycles. The van der Waals surface area contributed by atoms with Gasteiger partial charge in [0.2, 0.25) is 0 Å². The highest BCUT2D eigenvalue weighted by molar-refractivity contribution is 5.66. The van der Waals surface area contributed by atoms with Crippen molar-refractivity contribution in [1.29, 1.82) is 0 Å². The summed E-state index contributed by atoms with van der Waals surface area (Å²) in [4.78, 5) is 10.6. The van der Waals surface area contributed by atoms with Crippen molar-refractivity contribution in [2.45, 2.75) is 51.9 Å². The molecule has 3 atom stereocenters. The molecule has 1 fully saturated rings. The van der Waals surface area contributed by atoms with Crippen molar-refractivity contribution in [3.05, 3.63) is 5.82 Å². The first-order valence-electron chi connectivity index (χ1n) is 6.19. The van der Waals surface area contributed by atoms with E-state index in [0.29, 0.717) is 12.4 Å². The summed E-state index contributed by atoms with van der Waals surface area (Å²) in [6.45, 7) is 4.40. The highest BCUT2D eigenvalue weighted by Gasteiger charge is 2.28. The number of tetrazole rings is 1. The van der Waals surface area contributed by atoms with Crippen molar-refractivity contribution < 1.29 is 14.6 Å². The van der Waals surface area contributed by atoms with Crippen molar-refractivity contribution in [2.24, 2.45) is 5.92 Å². The topological polar surface area (TPSA) is 90.1 Å². The first-order chi connectivity index (χ1) is 8.56. The third-order valence-corrected chi connectivity index (χ3v) is 3.09. The predicted octanol–water partition coefficient (Wildman–Crippen LogP) is 1.02. The lowest BCUT2D eigenvalue weighted by molar-refractivity contribution is -0.138. The first-order valence-corrected chi connectivity index (χ1v) is 6.19. The van der Waals surface area contributed by atoms with E-state index in [4.69, 9.17) is 9.84 Å². The van der Waals surface area contributed by atoms with Crippen LogP contribution in [0.25, 0.3) is 0 Å². The summed E-state index contributed by atoms with van der Waals surface area (Å²) in [5.74, 6) is -0.108. The quantitative estimate of drug-likeness (QED) is 0.843. The fourth-order valence-electron chi connectivity index (χ4n) is 2.22. The molecule has 1 aliphatic rings. The predicted molar refractivity (Wildman–Crippen MR) is 61.8 cm³/mol. The van der Waals surface area contributed by atoms with Gasteiger partial charge in [0.05, 0.1) is 6.10 Å². The second-order valence-corrected chi connectivity index (χ2v) is 4.93. The minimum absolute atomic E-state index is 0.0106. The summed E-state index contributed by atoms with van der Waals surface area (Å²) in [5, 5.41) is 20.3. The van der Waals surface area contributed by atoms with Gasteiger partial charge >= 0.3 is 5.97 Å². The molecule has 0 aromatic carbocycles. The van der Waals surface area contributed by atoms with Crippen LogP contribution in [-0.4, -0.2) is 37.4 Å². The van der Waals surface area contributed by atoms with E-state index < -0.39 is 5.97 Å². The highest BCUT2D eigenvalue weighted by Crippen LogP contribution is 2.31. The van der Waals surface area contributed by atoms with Crippen LogP contribution in [-0.2, 0) is 16.1 Å². The maximum atomic E-state index is 10.6. The molecular formula is C11H18N4O3. The van der Waals surface area contributed by atoms with Crippen molar-refractivity contribution in [3.8, 4) is 0 Å².